The number of nitrogens with one attached hydrogen (secondary N) is 2. The quantitative estimate of drug-likeness (QED) is 0.405. The summed E-state index contributed by atoms with van der Waals surface area (Å²) in [7, 11) is 0. The van der Waals surface area contributed by atoms with Crippen LogP contribution in [-0.2, 0) is 0 Å². The van der Waals surface area contributed by atoms with Gasteiger partial charge in [0, 0.05) is 19.6 Å². The van der Waals surface area contributed by atoms with Crippen molar-refractivity contribution < 1.29 is 14.4 Å². The van der Waals surface area contributed by atoms with Gasteiger partial charge in [-0.15, -0.1) is 0 Å². The number of anilines is 1. The Bertz CT molecular complexity index is 457. The van der Waals surface area contributed by atoms with E-state index in [1.807, 2.05) is 0 Å². The molecular formula is C11H15ClFN3O3. The SMILES string of the molecule is CC(O)CNCCNc1cc(Cl)c(F)cc1[N+](=O)[O-]. The highest BCUT2D eigenvalue weighted by molar-refractivity contribution is 6.31. The zero-order valence-electron chi connectivity index (χ0n) is 10.3. The van der Waals surface area contributed by atoms with Crippen LogP contribution in [0.25, 0.3) is 0 Å². The maximum absolute atomic E-state index is 13.1. The van der Waals surface area contributed by atoms with Gasteiger partial charge in [0.05, 0.1) is 22.1 Å². The summed E-state index contributed by atoms with van der Waals surface area (Å²) in [6, 6.07) is 1.97. The van der Waals surface area contributed by atoms with Crippen LogP contribution in [0.15, 0.2) is 12.1 Å². The molecule has 0 radical (unpaired) electrons. The maximum Gasteiger partial charge on any atom is 0.295 e. The number of aliphatic hydroxyl groups is 1. The Labute approximate surface area is 114 Å². The minimum absolute atomic E-state index is 0.162. The van der Waals surface area contributed by atoms with Crippen molar-refractivity contribution in [3.8, 4) is 0 Å². The molecule has 6 nitrogen and oxygen atoms in total. The summed E-state index contributed by atoms with van der Waals surface area (Å²) in [5.41, 5.74) is -0.201. The van der Waals surface area contributed by atoms with Crippen LogP contribution in [0.2, 0.25) is 5.02 Å². The lowest BCUT2D eigenvalue weighted by Crippen LogP contribution is -2.29. The van der Waals surface area contributed by atoms with Gasteiger partial charge in [-0.25, -0.2) is 4.39 Å². The Morgan fingerprint density at radius 1 is 1.53 bits per heavy atom. The van der Waals surface area contributed by atoms with Crippen LogP contribution in [-0.4, -0.2) is 35.8 Å². The Kier molecular flexibility index (Phi) is 5.94. The number of nitrogens with zero attached hydrogens (tertiary/aromatic N) is 1. The molecule has 0 aromatic heterocycles. The van der Waals surface area contributed by atoms with Crippen molar-refractivity contribution in [1.82, 2.24) is 5.32 Å². The highest BCUT2D eigenvalue weighted by Gasteiger charge is 2.17. The van der Waals surface area contributed by atoms with E-state index in [1.165, 1.54) is 6.07 Å². The van der Waals surface area contributed by atoms with E-state index in [0.717, 1.165) is 6.07 Å². The van der Waals surface area contributed by atoms with Crippen LogP contribution in [0.5, 0.6) is 0 Å². The van der Waals surface area contributed by atoms with Crippen molar-refractivity contribution in [3.05, 3.63) is 33.1 Å². The molecule has 0 aliphatic heterocycles. The summed E-state index contributed by atoms with van der Waals surface area (Å²) >= 11 is 5.59. The predicted octanol–water partition coefficient (Wildman–Crippen LogP) is 1.77. The molecule has 0 bridgehead atoms. The second kappa shape index (κ2) is 7.22. The lowest BCUT2D eigenvalue weighted by atomic mass is 10.2. The highest BCUT2D eigenvalue weighted by atomic mass is 35.5. The molecule has 0 saturated heterocycles. The van der Waals surface area contributed by atoms with Crippen molar-refractivity contribution in [2.45, 2.75) is 13.0 Å². The van der Waals surface area contributed by atoms with Crippen molar-refractivity contribution in [1.29, 1.82) is 0 Å². The monoisotopic (exact) mass is 291 g/mol. The minimum Gasteiger partial charge on any atom is -0.392 e. The first-order valence-corrected chi connectivity index (χ1v) is 6.05. The Morgan fingerprint density at radius 3 is 2.79 bits per heavy atom. The molecule has 1 aromatic carbocycles. The van der Waals surface area contributed by atoms with E-state index in [2.05, 4.69) is 10.6 Å². The molecule has 3 N–H and O–H groups in total. The number of nitro benzene ring substituents is 1. The Balaban J connectivity index is 2.62. The van der Waals surface area contributed by atoms with E-state index in [0.29, 0.717) is 19.6 Å². The molecule has 0 saturated carbocycles. The molecule has 0 fully saturated rings. The number of rotatable bonds is 7. The van der Waals surface area contributed by atoms with Gasteiger partial charge in [-0.05, 0) is 13.0 Å². The Morgan fingerprint density at radius 2 is 2.21 bits per heavy atom. The van der Waals surface area contributed by atoms with E-state index in [-0.39, 0.29) is 16.4 Å². The molecular weight excluding hydrogens is 277 g/mol. The molecule has 0 amide bonds. The van der Waals surface area contributed by atoms with Crippen LogP contribution in [0.4, 0.5) is 15.8 Å². The molecule has 106 valence electrons. The average molecular weight is 292 g/mol. The second-order valence-electron chi connectivity index (χ2n) is 4.02. The van der Waals surface area contributed by atoms with Crippen LogP contribution < -0.4 is 10.6 Å². The van der Waals surface area contributed by atoms with Gasteiger partial charge in [0.1, 0.15) is 11.5 Å². The second-order valence-corrected chi connectivity index (χ2v) is 4.43. The molecule has 19 heavy (non-hydrogen) atoms. The smallest absolute Gasteiger partial charge is 0.295 e. The fourth-order valence-corrected chi connectivity index (χ4v) is 1.59. The van der Waals surface area contributed by atoms with E-state index in [1.54, 1.807) is 6.92 Å². The van der Waals surface area contributed by atoms with Gasteiger partial charge >= 0.3 is 0 Å². The highest BCUT2D eigenvalue weighted by Crippen LogP contribution is 2.29. The largest absolute Gasteiger partial charge is 0.392 e. The summed E-state index contributed by atoms with van der Waals surface area (Å²) in [6.45, 7) is 2.95. The van der Waals surface area contributed by atoms with Gasteiger partial charge < -0.3 is 15.7 Å². The van der Waals surface area contributed by atoms with Crippen LogP contribution in [0.3, 0.4) is 0 Å². The molecule has 1 unspecified atom stereocenters. The Hall–Kier alpha value is -1.44. The molecule has 0 spiro atoms. The van der Waals surface area contributed by atoms with Gasteiger partial charge in [0.2, 0.25) is 0 Å². The van der Waals surface area contributed by atoms with Crippen LogP contribution in [0, 0.1) is 15.9 Å². The summed E-state index contributed by atoms with van der Waals surface area (Å²) < 4.78 is 13.1. The topological polar surface area (TPSA) is 87.4 Å². The number of aliphatic hydroxyl groups excluding tert-OH is 1. The maximum atomic E-state index is 13.1. The first-order valence-electron chi connectivity index (χ1n) is 5.68. The first kappa shape index (κ1) is 15.6. The van der Waals surface area contributed by atoms with E-state index in [4.69, 9.17) is 16.7 Å². The summed E-state index contributed by atoms with van der Waals surface area (Å²) in [6.07, 6.45) is -0.463. The number of hydrogen-bond donors (Lipinski definition) is 3. The zero-order valence-corrected chi connectivity index (χ0v) is 11.1. The molecule has 8 heteroatoms. The zero-order chi connectivity index (χ0) is 14.4. The minimum atomic E-state index is -0.828. The average Bonchev–Trinajstić information content (AvgIpc) is 2.32. The molecule has 1 rings (SSSR count). The van der Waals surface area contributed by atoms with Gasteiger partial charge in [0.15, 0.2) is 0 Å². The number of benzene rings is 1. The fraction of sp³-hybridized carbons (Fsp3) is 0.455. The van der Waals surface area contributed by atoms with Crippen LogP contribution in [0.1, 0.15) is 6.92 Å². The van der Waals surface area contributed by atoms with E-state index >= 15 is 0 Å². The van der Waals surface area contributed by atoms with Gasteiger partial charge in [-0.3, -0.25) is 10.1 Å². The molecule has 1 atom stereocenters. The fourth-order valence-electron chi connectivity index (χ4n) is 1.43. The van der Waals surface area contributed by atoms with Crippen molar-refractivity contribution in [2.75, 3.05) is 25.0 Å². The van der Waals surface area contributed by atoms with Crippen molar-refractivity contribution >= 4 is 23.0 Å². The van der Waals surface area contributed by atoms with Crippen molar-refractivity contribution in [3.63, 3.8) is 0 Å². The molecule has 1 aromatic rings. The molecule has 0 aliphatic rings. The van der Waals surface area contributed by atoms with E-state index in [9.17, 15) is 14.5 Å². The lowest BCUT2D eigenvalue weighted by molar-refractivity contribution is -0.384. The normalized spacial score (nSPS) is 12.2. The molecule has 0 aliphatic carbocycles. The van der Waals surface area contributed by atoms with Gasteiger partial charge in [0.25, 0.3) is 5.69 Å². The number of hydrogen-bond acceptors (Lipinski definition) is 5. The van der Waals surface area contributed by atoms with Gasteiger partial charge in [-0.1, -0.05) is 11.6 Å². The van der Waals surface area contributed by atoms with E-state index < -0.39 is 16.8 Å². The lowest BCUT2D eigenvalue weighted by Gasteiger charge is -2.10. The number of halogens is 2. The molecule has 0 heterocycles. The third kappa shape index (κ3) is 4.98. The summed E-state index contributed by atoms with van der Waals surface area (Å²) in [5.74, 6) is -0.828. The number of nitro groups is 1. The third-order valence-corrected chi connectivity index (χ3v) is 2.58. The standard InChI is InChI=1S/C11H15ClFN3O3/c1-7(17)6-14-2-3-15-10-4-8(12)9(13)5-11(10)16(18)19/h4-5,7,14-15,17H,2-3,6H2,1H3. The van der Waals surface area contributed by atoms with Crippen molar-refractivity contribution in [2.24, 2.45) is 0 Å². The predicted molar refractivity (Wildman–Crippen MR) is 71.1 cm³/mol. The third-order valence-electron chi connectivity index (χ3n) is 2.29. The summed E-state index contributed by atoms with van der Waals surface area (Å²) in [4.78, 5) is 10.1. The van der Waals surface area contributed by atoms with Crippen LogP contribution >= 0.6 is 11.6 Å². The summed E-state index contributed by atoms with van der Waals surface area (Å²) in [5, 5.41) is 25.4. The first-order chi connectivity index (χ1) is 8.91. The van der Waals surface area contributed by atoms with Gasteiger partial charge in [-0.2, -0.15) is 0 Å².